The zero-order chi connectivity index (χ0) is 34.7. The highest BCUT2D eigenvalue weighted by Crippen LogP contribution is 2.25. The van der Waals surface area contributed by atoms with Crippen molar-refractivity contribution in [3.63, 3.8) is 0 Å². The first-order valence-electron chi connectivity index (χ1n) is 17.1. The number of halogens is 1. The Balaban J connectivity index is 1.64. The van der Waals surface area contributed by atoms with E-state index in [1.165, 1.54) is 6.08 Å². The second-order valence-electron chi connectivity index (χ2n) is 12.7. The molecule has 0 aromatic heterocycles. The van der Waals surface area contributed by atoms with Gasteiger partial charge in [-0.15, -0.1) is 0 Å². The molecule has 0 saturated heterocycles. The van der Waals surface area contributed by atoms with Gasteiger partial charge in [-0.2, -0.15) is 0 Å². The fourth-order valence-electron chi connectivity index (χ4n) is 5.54. The predicted molar refractivity (Wildman–Crippen MR) is 194 cm³/mol. The number of ether oxygens (including phenoxy) is 3. The lowest BCUT2D eigenvalue weighted by molar-refractivity contribution is -0.127. The van der Waals surface area contributed by atoms with Gasteiger partial charge in [-0.3, -0.25) is 9.59 Å². The van der Waals surface area contributed by atoms with E-state index in [1.807, 2.05) is 67.6 Å². The van der Waals surface area contributed by atoms with Crippen LogP contribution >= 0.6 is 11.6 Å². The van der Waals surface area contributed by atoms with Gasteiger partial charge in [-0.25, -0.2) is 0 Å². The highest BCUT2D eigenvalue weighted by molar-refractivity contribution is 6.32. The summed E-state index contributed by atoms with van der Waals surface area (Å²) in [5.74, 6) is 0.494. The maximum atomic E-state index is 13.9. The van der Waals surface area contributed by atoms with E-state index in [9.17, 15) is 9.59 Å². The van der Waals surface area contributed by atoms with Crippen LogP contribution in [-0.4, -0.2) is 50.3 Å². The molecule has 7 nitrogen and oxygen atoms in total. The molecule has 0 bridgehead atoms. The Bertz CT molecular complexity index is 1400. The van der Waals surface area contributed by atoms with E-state index in [4.69, 9.17) is 25.8 Å². The average molecular weight is 677 g/mol. The summed E-state index contributed by atoms with van der Waals surface area (Å²) in [5.41, 5.74) is 3.06. The van der Waals surface area contributed by atoms with Gasteiger partial charge in [0.1, 0.15) is 11.8 Å². The molecule has 3 aromatic carbocycles. The summed E-state index contributed by atoms with van der Waals surface area (Å²) in [5, 5.41) is 6.60. The predicted octanol–water partition coefficient (Wildman–Crippen LogP) is 8.06. The number of allylic oxidation sites excluding steroid dienone is 1. The summed E-state index contributed by atoms with van der Waals surface area (Å²) in [7, 11) is 1.56. The molecule has 48 heavy (non-hydrogen) atoms. The summed E-state index contributed by atoms with van der Waals surface area (Å²) >= 11 is 6.40. The first-order valence-corrected chi connectivity index (χ1v) is 17.4. The third-order valence-corrected chi connectivity index (χ3v) is 8.35. The molecule has 0 fully saturated rings. The molecular formula is C40H53ClN2O5. The van der Waals surface area contributed by atoms with Crippen LogP contribution in [0.2, 0.25) is 5.02 Å². The maximum absolute atomic E-state index is 13.9. The third kappa shape index (κ3) is 14.6. The smallest absolute Gasteiger partial charge is 0.244 e. The molecule has 260 valence electrons. The molecule has 0 aliphatic heterocycles. The number of amides is 2. The lowest BCUT2D eigenvalue weighted by atomic mass is 10.0. The number of unbranched alkanes of at least 4 members (excludes halogenated alkanes) is 1. The fraction of sp³-hybridized carbons (Fsp3) is 0.450. The van der Waals surface area contributed by atoms with Crippen molar-refractivity contribution in [3.05, 3.63) is 113 Å². The van der Waals surface area contributed by atoms with Crippen LogP contribution in [0, 0.1) is 5.92 Å². The molecule has 3 aromatic rings. The molecule has 8 heteroatoms. The highest BCUT2D eigenvalue weighted by atomic mass is 35.5. The normalized spacial score (nSPS) is 14.0. The number of carbonyl (C=O) groups excluding carboxylic acids is 2. The standard InChI is InChI=1S/C40H53ClN2O5/c1-29(2)25-30(3)47-24-22-35(26-32-15-9-6-10-16-32)42-40(45)37(28-33-20-21-38(46-5)36(41)27-33)43-39(44)19-13-8-14-23-48-31(4)34-17-11-7-12-18-34/h6-7,9-13,15-21,27,29-31,35,37H,8,14,22-26,28H2,1-5H3,(H,42,45)(H,43,44)/b19-13+/t30-,31+,35+,37-/m1/s1. The lowest BCUT2D eigenvalue weighted by Gasteiger charge is -2.25. The van der Waals surface area contributed by atoms with E-state index < -0.39 is 6.04 Å². The molecule has 0 radical (unpaired) electrons. The topological polar surface area (TPSA) is 85.9 Å². The molecular weight excluding hydrogens is 624 g/mol. The van der Waals surface area contributed by atoms with Gasteiger partial charge in [0.2, 0.25) is 11.8 Å². The van der Waals surface area contributed by atoms with Crippen molar-refractivity contribution in [1.29, 1.82) is 0 Å². The van der Waals surface area contributed by atoms with Crippen LogP contribution in [0.15, 0.2) is 91.0 Å². The highest BCUT2D eigenvalue weighted by Gasteiger charge is 2.24. The molecule has 3 rings (SSSR count). The molecule has 0 aliphatic rings. The first-order chi connectivity index (χ1) is 23.1. The van der Waals surface area contributed by atoms with Crippen molar-refractivity contribution in [2.75, 3.05) is 20.3 Å². The van der Waals surface area contributed by atoms with Gasteiger partial charge in [0.05, 0.1) is 24.3 Å². The third-order valence-electron chi connectivity index (χ3n) is 8.05. The minimum absolute atomic E-state index is 0.00456. The number of methoxy groups -OCH3 is 1. The summed E-state index contributed by atoms with van der Waals surface area (Å²) in [6.45, 7) is 9.58. The van der Waals surface area contributed by atoms with E-state index in [0.29, 0.717) is 49.2 Å². The number of carbonyl (C=O) groups is 2. The number of nitrogens with one attached hydrogen (secondary N) is 2. The number of hydrogen-bond donors (Lipinski definition) is 2. The molecule has 0 spiro atoms. The van der Waals surface area contributed by atoms with Gasteiger partial charge in [0.25, 0.3) is 0 Å². The van der Waals surface area contributed by atoms with Crippen molar-refractivity contribution in [3.8, 4) is 5.75 Å². The number of rotatable bonds is 21. The van der Waals surface area contributed by atoms with Crippen molar-refractivity contribution < 1.29 is 23.8 Å². The summed E-state index contributed by atoms with van der Waals surface area (Å²) in [6.07, 6.45) is 7.43. The van der Waals surface area contributed by atoms with Crippen LogP contribution in [0.1, 0.15) is 76.2 Å². The van der Waals surface area contributed by atoms with Crippen LogP contribution in [-0.2, 0) is 31.9 Å². The van der Waals surface area contributed by atoms with Crippen molar-refractivity contribution >= 4 is 23.4 Å². The van der Waals surface area contributed by atoms with Crippen LogP contribution in [0.5, 0.6) is 5.75 Å². The summed E-state index contributed by atoms with van der Waals surface area (Å²) < 4.78 is 17.3. The molecule has 2 N–H and O–H groups in total. The Hall–Kier alpha value is -3.65. The Labute approximate surface area is 292 Å². The summed E-state index contributed by atoms with van der Waals surface area (Å²) in [6, 6.07) is 24.6. The SMILES string of the molecule is COc1ccc(C[C@@H](NC(=O)/C=C/CCCO[C@@H](C)c2ccccc2)C(=O)N[C@@H](CCO[C@H](C)CC(C)C)Cc2ccccc2)cc1Cl. The molecule has 4 atom stereocenters. The van der Waals surface area contributed by atoms with Gasteiger partial charge in [0, 0.05) is 25.7 Å². The minimum Gasteiger partial charge on any atom is -0.495 e. The average Bonchev–Trinajstić information content (AvgIpc) is 3.06. The zero-order valence-corrected chi connectivity index (χ0v) is 29.9. The van der Waals surface area contributed by atoms with E-state index >= 15 is 0 Å². The Morgan fingerprint density at radius 1 is 0.833 bits per heavy atom. The zero-order valence-electron chi connectivity index (χ0n) is 29.1. The summed E-state index contributed by atoms with van der Waals surface area (Å²) in [4.78, 5) is 26.9. The minimum atomic E-state index is -0.819. The van der Waals surface area contributed by atoms with Gasteiger partial charge in [-0.1, -0.05) is 98.3 Å². The van der Waals surface area contributed by atoms with E-state index in [2.05, 4.69) is 43.5 Å². The largest absolute Gasteiger partial charge is 0.495 e. The van der Waals surface area contributed by atoms with Crippen molar-refractivity contribution in [2.24, 2.45) is 5.92 Å². The number of benzene rings is 3. The van der Waals surface area contributed by atoms with Crippen molar-refractivity contribution in [1.82, 2.24) is 10.6 Å². The molecule has 0 unspecified atom stereocenters. The van der Waals surface area contributed by atoms with Crippen LogP contribution in [0.3, 0.4) is 0 Å². The first kappa shape index (κ1) is 38.8. The number of hydrogen-bond acceptors (Lipinski definition) is 5. The Morgan fingerprint density at radius 3 is 2.21 bits per heavy atom. The second-order valence-corrected chi connectivity index (χ2v) is 13.1. The van der Waals surface area contributed by atoms with Gasteiger partial charge in [-0.05, 0) is 86.8 Å². The monoisotopic (exact) mass is 676 g/mol. The van der Waals surface area contributed by atoms with E-state index in [1.54, 1.807) is 19.2 Å². The quantitative estimate of drug-likeness (QED) is 0.0881. The van der Waals surface area contributed by atoms with Crippen LogP contribution in [0.25, 0.3) is 0 Å². The maximum Gasteiger partial charge on any atom is 0.244 e. The fourth-order valence-corrected chi connectivity index (χ4v) is 5.82. The van der Waals surface area contributed by atoms with Gasteiger partial charge in [0.15, 0.2) is 0 Å². The Morgan fingerprint density at radius 2 is 1.54 bits per heavy atom. The van der Waals surface area contributed by atoms with Crippen molar-refractivity contribution in [2.45, 2.75) is 90.5 Å². The van der Waals surface area contributed by atoms with Crippen LogP contribution < -0.4 is 15.4 Å². The molecule has 0 heterocycles. The molecule has 2 amide bonds. The van der Waals surface area contributed by atoms with Gasteiger partial charge >= 0.3 is 0 Å². The van der Waals surface area contributed by atoms with Crippen LogP contribution in [0.4, 0.5) is 0 Å². The van der Waals surface area contributed by atoms with Gasteiger partial charge < -0.3 is 24.8 Å². The van der Waals surface area contributed by atoms with E-state index in [0.717, 1.165) is 29.5 Å². The molecule has 0 saturated carbocycles. The Kier molecular flexibility index (Phi) is 17.3. The molecule has 0 aliphatic carbocycles. The van der Waals surface area contributed by atoms with E-state index in [-0.39, 0.29) is 36.5 Å². The lowest BCUT2D eigenvalue weighted by Crippen LogP contribution is -2.51. The second kappa shape index (κ2) is 21.3.